The van der Waals surface area contributed by atoms with E-state index in [0.29, 0.717) is 19.0 Å². The van der Waals surface area contributed by atoms with Crippen LogP contribution in [0.15, 0.2) is 36.8 Å². The first-order valence-corrected chi connectivity index (χ1v) is 6.56. The van der Waals surface area contributed by atoms with Crippen molar-refractivity contribution in [2.45, 2.75) is 26.3 Å². The third-order valence-electron chi connectivity index (χ3n) is 3.43. The summed E-state index contributed by atoms with van der Waals surface area (Å²) < 4.78 is 15.3. The number of nitrogens with zero attached hydrogens (tertiary/aromatic N) is 2. The van der Waals surface area contributed by atoms with Crippen molar-refractivity contribution < 1.29 is 4.39 Å². The average molecular weight is 261 g/mol. The highest BCUT2D eigenvalue weighted by molar-refractivity contribution is 5.18. The van der Waals surface area contributed by atoms with Crippen LogP contribution in [0.4, 0.5) is 4.39 Å². The van der Waals surface area contributed by atoms with Gasteiger partial charge in [0.15, 0.2) is 0 Å². The van der Waals surface area contributed by atoms with Gasteiger partial charge in [-0.1, -0.05) is 26.0 Å². The summed E-state index contributed by atoms with van der Waals surface area (Å²) in [4.78, 5) is 4.21. The predicted octanol–water partition coefficient (Wildman–Crippen LogP) is 2.77. The second-order valence-electron chi connectivity index (χ2n) is 5.16. The molecule has 4 heteroatoms. The Balaban J connectivity index is 2.24. The summed E-state index contributed by atoms with van der Waals surface area (Å²) in [7, 11) is 0. The number of halogens is 1. The van der Waals surface area contributed by atoms with Gasteiger partial charge in [0.1, 0.15) is 5.82 Å². The molecule has 1 aromatic carbocycles. The fourth-order valence-corrected chi connectivity index (χ4v) is 2.34. The van der Waals surface area contributed by atoms with E-state index in [4.69, 9.17) is 5.73 Å². The second kappa shape index (κ2) is 5.97. The highest BCUT2D eigenvalue weighted by atomic mass is 19.1. The molecule has 3 nitrogen and oxygen atoms in total. The van der Waals surface area contributed by atoms with Gasteiger partial charge in [0.25, 0.3) is 0 Å². The molecule has 0 aliphatic heterocycles. The summed E-state index contributed by atoms with van der Waals surface area (Å²) in [5.41, 5.74) is 7.89. The molecule has 1 heterocycles. The molecule has 102 valence electrons. The third kappa shape index (κ3) is 3.20. The van der Waals surface area contributed by atoms with Crippen LogP contribution in [0.2, 0.25) is 0 Å². The lowest BCUT2D eigenvalue weighted by Gasteiger charge is -2.20. The van der Waals surface area contributed by atoms with E-state index in [-0.39, 0.29) is 11.7 Å². The number of hydrogen-bond donors (Lipinski definition) is 1. The van der Waals surface area contributed by atoms with E-state index in [1.807, 2.05) is 16.8 Å². The van der Waals surface area contributed by atoms with Gasteiger partial charge in [-0.15, -0.1) is 0 Å². The number of hydrogen-bond acceptors (Lipinski definition) is 2. The highest BCUT2D eigenvalue weighted by Crippen LogP contribution is 2.23. The maximum Gasteiger partial charge on any atom is 0.123 e. The first kappa shape index (κ1) is 13.7. The zero-order valence-electron chi connectivity index (χ0n) is 11.4. The van der Waals surface area contributed by atoms with E-state index in [9.17, 15) is 4.39 Å². The van der Waals surface area contributed by atoms with Gasteiger partial charge in [-0.25, -0.2) is 9.37 Å². The van der Waals surface area contributed by atoms with Crippen molar-refractivity contribution in [2.24, 2.45) is 11.7 Å². The Kier molecular flexibility index (Phi) is 4.32. The standard InChI is InChI=1S/C15H20FN3/c1-11(2)14(7-17)15-8-18-10-19(15)9-12-4-3-5-13(16)6-12/h3-6,8,10-11,14H,7,9,17H2,1-2H3. The molecule has 1 aromatic heterocycles. The zero-order valence-corrected chi connectivity index (χ0v) is 11.4. The first-order chi connectivity index (χ1) is 9.11. The molecular weight excluding hydrogens is 241 g/mol. The quantitative estimate of drug-likeness (QED) is 0.899. The van der Waals surface area contributed by atoms with Crippen LogP contribution in [0, 0.1) is 11.7 Å². The Hall–Kier alpha value is -1.68. The van der Waals surface area contributed by atoms with Crippen LogP contribution < -0.4 is 5.73 Å². The van der Waals surface area contributed by atoms with E-state index in [1.165, 1.54) is 6.07 Å². The minimum atomic E-state index is -0.210. The molecule has 0 amide bonds. The Morgan fingerprint density at radius 2 is 2.16 bits per heavy atom. The summed E-state index contributed by atoms with van der Waals surface area (Å²) in [6.45, 7) is 5.51. The predicted molar refractivity (Wildman–Crippen MR) is 74.4 cm³/mol. The van der Waals surface area contributed by atoms with Gasteiger partial charge in [-0.3, -0.25) is 0 Å². The van der Waals surface area contributed by atoms with Gasteiger partial charge >= 0.3 is 0 Å². The summed E-state index contributed by atoms with van der Waals surface area (Å²) in [6.07, 6.45) is 3.64. The molecule has 2 N–H and O–H groups in total. The molecule has 0 radical (unpaired) electrons. The van der Waals surface area contributed by atoms with Gasteiger partial charge in [-0.2, -0.15) is 0 Å². The van der Waals surface area contributed by atoms with Crippen molar-refractivity contribution in [3.8, 4) is 0 Å². The number of aromatic nitrogens is 2. The minimum absolute atomic E-state index is 0.210. The van der Waals surface area contributed by atoms with Crippen molar-refractivity contribution in [1.29, 1.82) is 0 Å². The molecule has 1 atom stereocenters. The van der Waals surface area contributed by atoms with Gasteiger partial charge in [0.05, 0.1) is 6.33 Å². The smallest absolute Gasteiger partial charge is 0.123 e. The number of rotatable bonds is 5. The molecule has 0 spiro atoms. The normalized spacial score (nSPS) is 12.9. The van der Waals surface area contributed by atoms with E-state index < -0.39 is 0 Å². The molecule has 0 saturated carbocycles. The van der Waals surface area contributed by atoms with Crippen LogP contribution in [-0.4, -0.2) is 16.1 Å². The van der Waals surface area contributed by atoms with E-state index in [1.54, 1.807) is 18.5 Å². The SMILES string of the molecule is CC(C)C(CN)c1cncn1Cc1cccc(F)c1. The first-order valence-electron chi connectivity index (χ1n) is 6.56. The van der Waals surface area contributed by atoms with Crippen molar-refractivity contribution >= 4 is 0 Å². The van der Waals surface area contributed by atoms with Crippen LogP contribution in [0.1, 0.15) is 31.0 Å². The van der Waals surface area contributed by atoms with Crippen molar-refractivity contribution in [3.63, 3.8) is 0 Å². The number of imidazole rings is 1. The largest absolute Gasteiger partial charge is 0.330 e. The third-order valence-corrected chi connectivity index (χ3v) is 3.43. The topological polar surface area (TPSA) is 43.8 Å². The van der Waals surface area contributed by atoms with E-state index >= 15 is 0 Å². The average Bonchev–Trinajstić information content (AvgIpc) is 2.78. The molecule has 0 bridgehead atoms. The molecule has 2 aromatic rings. The van der Waals surface area contributed by atoms with Crippen LogP contribution in [0.3, 0.4) is 0 Å². The number of benzene rings is 1. The Bertz CT molecular complexity index is 534. The molecule has 2 rings (SSSR count). The molecule has 0 aliphatic rings. The number of nitrogens with two attached hydrogens (primary N) is 1. The zero-order chi connectivity index (χ0) is 13.8. The Morgan fingerprint density at radius 3 is 2.79 bits per heavy atom. The summed E-state index contributed by atoms with van der Waals surface area (Å²) in [5, 5.41) is 0. The Morgan fingerprint density at radius 1 is 1.37 bits per heavy atom. The lowest BCUT2D eigenvalue weighted by Crippen LogP contribution is -2.21. The molecule has 0 aliphatic carbocycles. The fraction of sp³-hybridized carbons (Fsp3) is 0.400. The summed E-state index contributed by atoms with van der Waals surface area (Å²) in [6, 6.07) is 6.65. The molecule has 0 saturated heterocycles. The van der Waals surface area contributed by atoms with Crippen molar-refractivity contribution in [3.05, 3.63) is 53.9 Å². The van der Waals surface area contributed by atoms with Crippen LogP contribution in [0.5, 0.6) is 0 Å². The molecular formula is C15H20FN3. The summed E-state index contributed by atoms with van der Waals surface area (Å²) >= 11 is 0. The van der Waals surface area contributed by atoms with Gasteiger partial charge < -0.3 is 10.3 Å². The maximum atomic E-state index is 13.2. The minimum Gasteiger partial charge on any atom is -0.330 e. The monoisotopic (exact) mass is 261 g/mol. The maximum absolute atomic E-state index is 13.2. The van der Waals surface area contributed by atoms with Gasteiger partial charge in [0.2, 0.25) is 0 Å². The van der Waals surface area contributed by atoms with Crippen LogP contribution in [-0.2, 0) is 6.54 Å². The van der Waals surface area contributed by atoms with Crippen LogP contribution in [0.25, 0.3) is 0 Å². The highest BCUT2D eigenvalue weighted by Gasteiger charge is 2.18. The second-order valence-corrected chi connectivity index (χ2v) is 5.16. The van der Waals surface area contributed by atoms with Crippen molar-refractivity contribution in [2.75, 3.05) is 6.54 Å². The van der Waals surface area contributed by atoms with Crippen molar-refractivity contribution in [1.82, 2.24) is 9.55 Å². The fourth-order valence-electron chi connectivity index (χ4n) is 2.34. The lowest BCUT2D eigenvalue weighted by atomic mass is 9.93. The van der Waals surface area contributed by atoms with Gasteiger partial charge in [-0.05, 0) is 23.6 Å². The van der Waals surface area contributed by atoms with Gasteiger partial charge in [0, 0.05) is 30.9 Å². The van der Waals surface area contributed by atoms with E-state index in [2.05, 4.69) is 18.8 Å². The summed E-state index contributed by atoms with van der Waals surface area (Å²) in [5.74, 6) is 0.516. The Labute approximate surface area is 113 Å². The molecule has 1 unspecified atom stereocenters. The molecule has 0 fully saturated rings. The van der Waals surface area contributed by atoms with E-state index in [0.717, 1.165) is 11.3 Å². The lowest BCUT2D eigenvalue weighted by molar-refractivity contribution is 0.478. The molecule has 19 heavy (non-hydrogen) atoms. The van der Waals surface area contributed by atoms with Crippen LogP contribution >= 0.6 is 0 Å².